The van der Waals surface area contributed by atoms with Gasteiger partial charge in [0.1, 0.15) is 12.4 Å². The summed E-state index contributed by atoms with van der Waals surface area (Å²) in [6.45, 7) is 4.97. The molecule has 2 aromatic carbocycles. The smallest absolute Gasteiger partial charge is 0.258 e. The minimum Gasteiger partial charge on any atom is -0.493 e. The van der Waals surface area contributed by atoms with Crippen LogP contribution >= 0.6 is 0 Å². The molecule has 0 heterocycles. The second kappa shape index (κ2) is 9.57. The standard InChI is InChI=1S/C20H25NO4/c1-15(2)16-7-6-8-17(13-16)25-14-20(22)21-11-12-24-19-10-5-4-9-18(19)23-3/h4-10,13,15H,11-12,14H2,1-3H3,(H,21,22). The van der Waals surface area contributed by atoms with Gasteiger partial charge in [-0.1, -0.05) is 38.1 Å². The van der Waals surface area contributed by atoms with Gasteiger partial charge in [0.05, 0.1) is 13.7 Å². The predicted octanol–water partition coefficient (Wildman–Crippen LogP) is 3.39. The normalized spacial score (nSPS) is 10.4. The van der Waals surface area contributed by atoms with Crippen molar-refractivity contribution in [2.45, 2.75) is 19.8 Å². The van der Waals surface area contributed by atoms with Gasteiger partial charge in [0, 0.05) is 0 Å². The summed E-state index contributed by atoms with van der Waals surface area (Å²) in [5, 5.41) is 2.77. The van der Waals surface area contributed by atoms with E-state index in [0.29, 0.717) is 36.3 Å². The van der Waals surface area contributed by atoms with Crippen LogP contribution in [0.1, 0.15) is 25.3 Å². The van der Waals surface area contributed by atoms with E-state index in [2.05, 4.69) is 19.2 Å². The second-order valence-corrected chi connectivity index (χ2v) is 5.87. The Morgan fingerprint density at radius 1 is 1.04 bits per heavy atom. The highest BCUT2D eigenvalue weighted by Gasteiger charge is 2.06. The Hall–Kier alpha value is -2.69. The van der Waals surface area contributed by atoms with E-state index in [1.807, 2.05) is 48.5 Å². The van der Waals surface area contributed by atoms with Gasteiger partial charge in [0.15, 0.2) is 18.1 Å². The molecule has 0 fully saturated rings. The molecule has 0 aliphatic carbocycles. The molecule has 25 heavy (non-hydrogen) atoms. The average molecular weight is 343 g/mol. The molecule has 0 radical (unpaired) electrons. The van der Waals surface area contributed by atoms with Crippen LogP contribution in [0.3, 0.4) is 0 Å². The van der Waals surface area contributed by atoms with Gasteiger partial charge in [-0.15, -0.1) is 0 Å². The number of hydrogen-bond acceptors (Lipinski definition) is 4. The SMILES string of the molecule is COc1ccccc1OCCNC(=O)COc1cccc(C(C)C)c1. The lowest BCUT2D eigenvalue weighted by Crippen LogP contribution is -2.32. The van der Waals surface area contributed by atoms with Crippen LogP contribution in [-0.4, -0.2) is 32.8 Å². The number of ether oxygens (including phenoxy) is 3. The second-order valence-electron chi connectivity index (χ2n) is 5.87. The summed E-state index contributed by atoms with van der Waals surface area (Å²) in [4.78, 5) is 11.9. The lowest BCUT2D eigenvalue weighted by atomic mass is 10.0. The Morgan fingerprint density at radius 2 is 1.80 bits per heavy atom. The van der Waals surface area contributed by atoms with Crippen LogP contribution < -0.4 is 19.5 Å². The molecule has 0 saturated carbocycles. The lowest BCUT2D eigenvalue weighted by molar-refractivity contribution is -0.123. The van der Waals surface area contributed by atoms with Crippen LogP contribution in [-0.2, 0) is 4.79 Å². The minimum atomic E-state index is -0.182. The first-order valence-corrected chi connectivity index (χ1v) is 8.35. The fourth-order valence-corrected chi connectivity index (χ4v) is 2.25. The molecule has 2 rings (SSSR count). The fraction of sp³-hybridized carbons (Fsp3) is 0.350. The third-order valence-electron chi connectivity index (χ3n) is 3.65. The Morgan fingerprint density at radius 3 is 2.52 bits per heavy atom. The molecule has 0 aliphatic heterocycles. The molecule has 0 spiro atoms. The predicted molar refractivity (Wildman–Crippen MR) is 97.5 cm³/mol. The molecule has 0 aromatic heterocycles. The van der Waals surface area contributed by atoms with E-state index in [0.717, 1.165) is 0 Å². The highest BCUT2D eigenvalue weighted by molar-refractivity contribution is 5.77. The van der Waals surface area contributed by atoms with Crippen LogP contribution in [0.2, 0.25) is 0 Å². The summed E-state index contributed by atoms with van der Waals surface area (Å²) < 4.78 is 16.3. The Labute approximate surface area is 148 Å². The van der Waals surface area contributed by atoms with Crippen LogP contribution in [0, 0.1) is 0 Å². The molecule has 0 atom stereocenters. The van der Waals surface area contributed by atoms with Crippen molar-refractivity contribution in [2.24, 2.45) is 0 Å². The Kier molecular flexibility index (Phi) is 7.14. The molecule has 0 saturated heterocycles. The zero-order valence-corrected chi connectivity index (χ0v) is 15.0. The monoisotopic (exact) mass is 343 g/mol. The topological polar surface area (TPSA) is 56.8 Å². The molecule has 1 N–H and O–H groups in total. The number of carbonyl (C=O) groups is 1. The van der Waals surface area contributed by atoms with E-state index >= 15 is 0 Å². The zero-order chi connectivity index (χ0) is 18.1. The maximum Gasteiger partial charge on any atom is 0.258 e. The van der Waals surface area contributed by atoms with Crippen molar-refractivity contribution in [3.05, 3.63) is 54.1 Å². The van der Waals surface area contributed by atoms with Crippen LogP contribution in [0.15, 0.2) is 48.5 Å². The summed E-state index contributed by atoms with van der Waals surface area (Å²) >= 11 is 0. The number of amides is 1. The third kappa shape index (κ3) is 6.03. The van der Waals surface area contributed by atoms with E-state index < -0.39 is 0 Å². The highest BCUT2D eigenvalue weighted by Crippen LogP contribution is 2.25. The fourth-order valence-electron chi connectivity index (χ4n) is 2.25. The molecule has 5 nitrogen and oxygen atoms in total. The summed E-state index contributed by atoms with van der Waals surface area (Å²) in [5.41, 5.74) is 1.18. The van der Waals surface area contributed by atoms with Crippen LogP contribution in [0.4, 0.5) is 0 Å². The number of nitrogens with one attached hydrogen (secondary N) is 1. The maximum absolute atomic E-state index is 11.9. The third-order valence-corrected chi connectivity index (χ3v) is 3.65. The number of methoxy groups -OCH3 is 1. The molecule has 1 amide bonds. The minimum absolute atomic E-state index is 0.0177. The van der Waals surface area contributed by atoms with E-state index in [1.54, 1.807) is 7.11 Å². The van der Waals surface area contributed by atoms with Gasteiger partial charge >= 0.3 is 0 Å². The number of benzene rings is 2. The highest BCUT2D eigenvalue weighted by atomic mass is 16.5. The van der Waals surface area contributed by atoms with Gasteiger partial charge in [-0.05, 0) is 35.7 Å². The molecule has 2 aromatic rings. The molecule has 0 unspecified atom stereocenters. The van der Waals surface area contributed by atoms with Crippen molar-refractivity contribution in [1.82, 2.24) is 5.32 Å². The van der Waals surface area contributed by atoms with E-state index in [-0.39, 0.29) is 12.5 Å². The van der Waals surface area contributed by atoms with E-state index in [9.17, 15) is 4.79 Å². The maximum atomic E-state index is 11.9. The van der Waals surface area contributed by atoms with Crippen molar-refractivity contribution in [2.75, 3.05) is 26.9 Å². The van der Waals surface area contributed by atoms with Crippen molar-refractivity contribution in [3.63, 3.8) is 0 Å². The number of hydrogen-bond donors (Lipinski definition) is 1. The van der Waals surface area contributed by atoms with Crippen molar-refractivity contribution >= 4 is 5.91 Å². The molecule has 0 bridgehead atoms. The van der Waals surface area contributed by atoms with Gasteiger partial charge in [-0.3, -0.25) is 4.79 Å². The van der Waals surface area contributed by atoms with Gasteiger partial charge < -0.3 is 19.5 Å². The summed E-state index contributed by atoms with van der Waals surface area (Å²) in [6, 6.07) is 15.2. The molecular formula is C20H25NO4. The van der Waals surface area contributed by atoms with Crippen molar-refractivity contribution < 1.29 is 19.0 Å². The van der Waals surface area contributed by atoms with Crippen molar-refractivity contribution in [3.8, 4) is 17.2 Å². The van der Waals surface area contributed by atoms with Gasteiger partial charge in [-0.2, -0.15) is 0 Å². The van der Waals surface area contributed by atoms with Crippen LogP contribution in [0.25, 0.3) is 0 Å². The summed E-state index contributed by atoms with van der Waals surface area (Å²) in [5.74, 6) is 2.26. The number of para-hydroxylation sites is 2. The largest absolute Gasteiger partial charge is 0.493 e. The summed E-state index contributed by atoms with van der Waals surface area (Å²) in [7, 11) is 1.59. The molecule has 5 heteroatoms. The molecule has 134 valence electrons. The van der Waals surface area contributed by atoms with Gasteiger partial charge in [-0.25, -0.2) is 0 Å². The quantitative estimate of drug-likeness (QED) is 0.709. The first kappa shape index (κ1) is 18.6. The van der Waals surface area contributed by atoms with E-state index in [4.69, 9.17) is 14.2 Å². The van der Waals surface area contributed by atoms with Crippen LogP contribution in [0.5, 0.6) is 17.2 Å². The number of carbonyl (C=O) groups excluding carboxylic acids is 1. The average Bonchev–Trinajstić information content (AvgIpc) is 2.64. The zero-order valence-electron chi connectivity index (χ0n) is 15.0. The Balaban J connectivity index is 1.70. The first-order valence-electron chi connectivity index (χ1n) is 8.35. The Bertz CT molecular complexity index is 685. The van der Waals surface area contributed by atoms with E-state index in [1.165, 1.54) is 5.56 Å². The van der Waals surface area contributed by atoms with Gasteiger partial charge in [0.2, 0.25) is 0 Å². The summed E-state index contributed by atoms with van der Waals surface area (Å²) in [6.07, 6.45) is 0. The molecule has 0 aliphatic rings. The number of rotatable bonds is 9. The van der Waals surface area contributed by atoms with Gasteiger partial charge in [0.25, 0.3) is 5.91 Å². The molecular weight excluding hydrogens is 318 g/mol. The lowest BCUT2D eigenvalue weighted by Gasteiger charge is -2.12. The van der Waals surface area contributed by atoms with Crippen molar-refractivity contribution in [1.29, 1.82) is 0 Å². The first-order chi connectivity index (χ1) is 12.1.